The minimum Gasteiger partial charge on any atom is -0.363 e. The van der Waals surface area contributed by atoms with Gasteiger partial charge < -0.3 is 10.3 Å². The molecule has 7 heteroatoms. The van der Waals surface area contributed by atoms with Crippen LogP contribution in [0, 0.1) is 0 Å². The quantitative estimate of drug-likeness (QED) is 0.684. The normalized spacial score (nSPS) is 11.5. The molecule has 0 fully saturated rings. The summed E-state index contributed by atoms with van der Waals surface area (Å²) in [4.78, 5) is 4.22. The number of aromatic nitrogens is 1. The smallest absolute Gasteiger partial charge is 0.263 e. The van der Waals surface area contributed by atoms with E-state index in [9.17, 15) is 8.42 Å². The first-order chi connectivity index (χ1) is 10.0. The van der Waals surface area contributed by atoms with Crippen LogP contribution >= 0.6 is 11.8 Å². The second-order valence-corrected chi connectivity index (χ2v) is 7.04. The van der Waals surface area contributed by atoms with Gasteiger partial charge in [-0.15, -0.1) is 11.8 Å². The third-order valence-electron chi connectivity index (χ3n) is 2.91. The Labute approximate surface area is 129 Å². The fraction of sp³-hybridized carbons (Fsp3) is 0.286. The number of hydrogen-bond donors (Lipinski definition) is 3. The van der Waals surface area contributed by atoms with Gasteiger partial charge in [0.2, 0.25) is 0 Å². The maximum absolute atomic E-state index is 12.3. The van der Waals surface area contributed by atoms with Crippen LogP contribution in [-0.4, -0.2) is 26.2 Å². The standard InChI is InChI=1S/C14H19N3O2S2/c1-3-15-9-12-8-14(10-16-12)21(18,19)17-11-5-4-6-13(7-11)20-2/h4-8,10,15-17H,3,9H2,1-2H3. The van der Waals surface area contributed by atoms with Gasteiger partial charge in [0.05, 0.1) is 0 Å². The highest BCUT2D eigenvalue weighted by atomic mass is 32.2. The summed E-state index contributed by atoms with van der Waals surface area (Å²) < 4.78 is 27.3. The van der Waals surface area contributed by atoms with Crippen molar-refractivity contribution < 1.29 is 8.42 Å². The molecule has 0 aliphatic carbocycles. The number of benzene rings is 1. The lowest BCUT2D eigenvalue weighted by Gasteiger charge is -2.07. The van der Waals surface area contributed by atoms with Crippen LogP contribution in [-0.2, 0) is 16.6 Å². The highest BCUT2D eigenvalue weighted by Crippen LogP contribution is 2.22. The number of thioether (sulfide) groups is 1. The minimum atomic E-state index is -3.56. The topological polar surface area (TPSA) is 74.0 Å². The van der Waals surface area contributed by atoms with E-state index in [2.05, 4.69) is 15.0 Å². The summed E-state index contributed by atoms with van der Waals surface area (Å²) in [6, 6.07) is 8.96. The average Bonchev–Trinajstić information content (AvgIpc) is 2.94. The first-order valence-corrected chi connectivity index (χ1v) is 9.31. The second kappa shape index (κ2) is 7.02. The van der Waals surface area contributed by atoms with Crippen LogP contribution < -0.4 is 10.0 Å². The number of H-pyrrole nitrogens is 1. The second-order valence-electron chi connectivity index (χ2n) is 4.48. The highest BCUT2D eigenvalue weighted by molar-refractivity contribution is 7.98. The van der Waals surface area contributed by atoms with Gasteiger partial charge in [0.15, 0.2) is 0 Å². The number of hydrogen-bond acceptors (Lipinski definition) is 4. The third kappa shape index (κ3) is 4.26. The van der Waals surface area contributed by atoms with Crippen LogP contribution in [0.15, 0.2) is 46.3 Å². The van der Waals surface area contributed by atoms with Crippen molar-refractivity contribution in [2.45, 2.75) is 23.3 Å². The van der Waals surface area contributed by atoms with E-state index in [1.54, 1.807) is 23.9 Å². The lowest BCUT2D eigenvalue weighted by molar-refractivity contribution is 0.601. The number of sulfonamides is 1. The van der Waals surface area contributed by atoms with Crippen LogP contribution in [0.1, 0.15) is 12.6 Å². The van der Waals surface area contributed by atoms with Crippen molar-refractivity contribution >= 4 is 27.5 Å². The number of aromatic amines is 1. The Balaban J connectivity index is 2.15. The van der Waals surface area contributed by atoms with E-state index in [1.165, 1.54) is 6.20 Å². The third-order valence-corrected chi connectivity index (χ3v) is 5.00. The van der Waals surface area contributed by atoms with Gasteiger partial charge in [0.25, 0.3) is 10.0 Å². The molecule has 0 bridgehead atoms. The van der Waals surface area contributed by atoms with E-state index in [1.807, 2.05) is 31.4 Å². The molecule has 21 heavy (non-hydrogen) atoms. The lowest BCUT2D eigenvalue weighted by Crippen LogP contribution is -2.13. The Morgan fingerprint density at radius 3 is 2.81 bits per heavy atom. The van der Waals surface area contributed by atoms with Gasteiger partial charge in [-0.2, -0.15) is 0 Å². The molecule has 2 rings (SSSR count). The predicted molar refractivity (Wildman–Crippen MR) is 87.2 cm³/mol. The monoisotopic (exact) mass is 325 g/mol. The van der Waals surface area contributed by atoms with Crippen LogP contribution in [0.3, 0.4) is 0 Å². The fourth-order valence-corrected chi connectivity index (χ4v) is 3.36. The summed E-state index contributed by atoms with van der Waals surface area (Å²) in [6.07, 6.45) is 3.46. The Morgan fingerprint density at radius 2 is 2.10 bits per heavy atom. The van der Waals surface area contributed by atoms with Crippen molar-refractivity contribution in [1.82, 2.24) is 10.3 Å². The molecular formula is C14H19N3O2S2. The van der Waals surface area contributed by atoms with Gasteiger partial charge in [-0.25, -0.2) is 8.42 Å². The van der Waals surface area contributed by atoms with Crippen molar-refractivity contribution in [1.29, 1.82) is 0 Å². The summed E-state index contributed by atoms with van der Waals surface area (Å²) >= 11 is 1.57. The zero-order valence-corrected chi connectivity index (χ0v) is 13.6. The van der Waals surface area contributed by atoms with Crippen molar-refractivity contribution in [3.63, 3.8) is 0 Å². The van der Waals surface area contributed by atoms with Crippen molar-refractivity contribution in [2.24, 2.45) is 0 Å². The molecule has 0 saturated carbocycles. The molecule has 0 saturated heterocycles. The Bertz CT molecular complexity index is 696. The predicted octanol–water partition coefficient (Wildman–Crippen LogP) is 2.65. The molecule has 5 nitrogen and oxygen atoms in total. The van der Waals surface area contributed by atoms with Crippen molar-refractivity contribution in [3.05, 3.63) is 42.2 Å². The molecule has 0 unspecified atom stereocenters. The van der Waals surface area contributed by atoms with Crippen molar-refractivity contribution in [2.75, 3.05) is 17.5 Å². The molecule has 1 heterocycles. The molecular weight excluding hydrogens is 306 g/mol. The lowest BCUT2D eigenvalue weighted by atomic mass is 10.3. The molecule has 1 aromatic heterocycles. The maximum Gasteiger partial charge on any atom is 0.263 e. The Hall–Kier alpha value is -1.44. The van der Waals surface area contributed by atoms with E-state index >= 15 is 0 Å². The van der Waals surface area contributed by atoms with Crippen LogP contribution in [0.5, 0.6) is 0 Å². The van der Waals surface area contributed by atoms with Gasteiger partial charge in [-0.05, 0) is 37.1 Å². The van der Waals surface area contributed by atoms with Crippen LogP contribution in [0.25, 0.3) is 0 Å². The van der Waals surface area contributed by atoms with E-state index in [-0.39, 0.29) is 4.90 Å². The van der Waals surface area contributed by atoms with Crippen LogP contribution in [0.2, 0.25) is 0 Å². The molecule has 114 valence electrons. The first-order valence-electron chi connectivity index (χ1n) is 6.60. The molecule has 0 amide bonds. The SMILES string of the molecule is CCNCc1cc(S(=O)(=O)Nc2cccc(SC)c2)c[nH]1. The first kappa shape index (κ1) is 15.9. The van der Waals surface area contributed by atoms with E-state index < -0.39 is 10.0 Å². The van der Waals surface area contributed by atoms with Gasteiger partial charge in [-0.1, -0.05) is 13.0 Å². The average molecular weight is 325 g/mol. The minimum absolute atomic E-state index is 0.241. The molecule has 0 spiro atoms. The number of rotatable bonds is 7. The van der Waals surface area contributed by atoms with Crippen LogP contribution in [0.4, 0.5) is 5.69 Å². The Morgan fingerprint density at radius 1 is 1.29 bits per heavy atom. The summed E-state index contributed by atoms with van der Waals surface area (Å²) in [5.74, 6) is 0. The highest BCUT2D eigenvalue weighted by Gasteiger charge is 2.16. The van der Waals surface area contributed by atoms with Gasteiger partial charge in [0.1, 0.15) is 4.90 Å². The van der Waals surface area contributed by atoms with E-state index in [4.69, 9.17) is 0 Å². The van der Waals surface area contributed by atoms with Gasteiger partial charge in [-0.3, -0.25) is 4.72 Å². The van der Waals surface area contributed by atoms with E-state index in [0.717, 1.165) is 17.1 Å². The summed E-state index contributed by atoms with van der Waals surface area (Å²) in [6.45, 7) is 3.45. The van der Waals surface area contributed by atoms with Gasteiger partial charge >= 0.3 is 0 Å². The largest absolute Gasteiger partial charge is 0.363 e. The van der Waals surface area contributed by atoms with Crippen molar-refractivity contribution in [3.8, 4) is 0 Å². The zero-order valence-electron chi connectivity index (χ0n) is 12.0. The van der Waals surface area contributed by atoms with E-state index in [0.29, 0.717) is 12.2 Å². The maximum atomic E-state index is 12.3. The molecule has 2 aromatic rings. The molecule has 0 aliphatic rings. The zero-order chi connectivity index (χ0) is 15.3. The van der Waals surface area contributed by atoms with Gasteiger partial charge in [0, 0.05) is 29.0 Å². The molecule has 0 radical (unpaired) electrons. The fourth-order valence-electron chi connectivity index (χ4n) is 1.84. The molecule has 0 atom stereocenters. The number of nitrogens with one attached hydrogen (secondary N) is 3. The summed E-state index contributed by atoms with van der Waals surface area (Å²) in [5.41, 5.74) is 1.41. The number of anilines is 1. The summed E-state index contributed by atoms with van der Waals surface area (Å²) in [5, 5.41) is 3.14. The molecule has 1 aromatic carbocycles. The molecule has 3 N–H and O–H groups in total. The summed E-state index contributed by atoms with van der Waals surface area (Å²) in [7, 11) is -3.56. The Kier molecular flexibility index (Phi) is 5.33. The molecule has 0 aliphatic heterocycles.